The predicted molar refractivity (Wildman–Crippen MR) is 110 cm³/mol. The minimum Gasteiger partial charge on any atom is -0.360 e. The molecule has 3 aromatic heterocycles. The second-order valence-electron chi connectivity index (χ2n) is 6.43. The maximum atomic E-state index is 12.5. The van der Waals surface area contributed by atoms with Gasteiger partial charge in [0.2, 0.25) is 0 Å². The van der Waals surface area contributed by atoms with E-state index in [9.17, 15) is 9.59 Å². The van der Waals surface area contributed by atoms with Gasteiger partial charge in [-0.15, -0.1) is 11.3 Å². The van der Waals surface area contributed by atoms with Gasteiger partial charge in [0.25, 0.3) is 11.5 Å². The summed E-state index contributed by atoms with van der Waals surface area (Å²) in [5.74, 6) is -0.185. The quantitative estimate of drug-likeness (QED) is 0.545. The van der Waals surface area contributed by atoms with E-state index in [2.05, 4.69) is 20.4 Å². The van der Waals surface area contributed by atoms with Gasteiger partial charge in [-0.05, 0) is 26.0 Å². The van der Waals surface area contributed by atoms with Crippen LogP contribution in [0.1, 0.15) is 21.1 Å². The molecule has 3 heterocycles. The van der Waals surface area contributed by atoms with Crippen LogP contribution in [-0.2, 0) is 6.54 Å². The van der Waals surface area contributed by atoms with Crippen LogP contribution in [0, 0.1) is 13.8 Å². The van der Waals surface area contributed by atoms with E-state index in [1.54, 1.807) is 23.6 Å². The van der Waals surface area contributed by atoms with E-state index in [-0.39, 0.29) is 18.0 Å². The molecular formula is C20H19N5O2S. The number of thiazole rings is 1. The third kappa shape index (κ3) is 3.46. The first-order chi connectivity index (χ1) is 13.5. The van der Waals surface area contributed by atoms with Crippen LogP contribution in [0.4, 0.5) is 0 Å². The maximum absolute atomic E-state index is 12.5. The first-order valence-electron chi connectivity index (χ1n) is 8.90. The molecule has 0 atom stereocenters. The normalized spacial score (nSPS) is 11.1. The molecule has 28 heavy (non-hydrogen) atoms. The second-order valence-corrected chi connectivity index (χ2v) is 7.63. The lowest BCUT2D eigenvalue weighted by atomic mass is 10.1. The molecule has 0 saturated carbocycles. The summed E-state index contributed by atoms with van der Waals surface area (Å²) < 4.78 is 1.37. The Kier molecular flexibility index (Phi) is 4.79. The first-order valence-corrected chi connectivity index (χ1v) is 9.71. The highest BCUT2D eigenvalue weighted by atomic mass is 32.1. The van der Waals surface area contributed by atoms with Crippen molar-refractivity contribution >= 4 is 28.1 Å². The topological polar surface area (TPSA) is 92.7 Å². The highest BCUT2D eigenvalue weighted by Crippen LogP contribution is 2.27. The Morgan fingerprint density at radius 3 is 2.82 bits per heavy atom. The van der Waals surface area contributed by atoms with E-state index in [0.717, 1.165) is 26.5 Å². The monoisotopic (exact) mass is 393 g/mol. The van der Waals surface area contributed by atoms with Crippen LogP contribution in [0.25, 0.3) is 21.5 Å². The fourth-order valence-corrected chi connectivity index (χ4v) is 4.01. The number of nitrogens with one attached hydrogen (secondary N) is 2. The fourth-order valence-electron chi connectivity index (χ4n) is 3.13. The third-order valence-corrected chi connectivity index (χ3v) is 5.54. The van der Waals surface area contributed by atoms with Gasteiger partial charge in [0.15, 0.2) is 0 Å². The number of aromatic amines is 1. The average Bonchev–Trinajstić information content (AvgIpc) is 3.26. The van der Waals surface area contributed by atoms with Gasteiger partial charge in [0, 0.05) is 29.7 Å². The minimum atomic E-state index is -0.205. The van der Waals surface area contributed by atoms with Crippen LogP contribution in [0.3, 0.4) is 0 Å². The van der Waals surface area contributed by atoms with E-state index in [4.69, 9.17) is 0 Å². The zero-order valence-corrected chi connectivity index (χ0v) is 16.3. The number of aryl methyl sites for hydroxylation is 2. The van der Waals surface area contributed by atoms with Crippen LogP contribution >= 0.6 is 11.3 Å². The molecule has 0 unspecified atom stereocenters. The Morgan fingerprint density at radius 1 is 1.21 bits per heavy atom. The molecule has 0 fully saturated rings. The van der Waals surface area contributed by atoms with Gasteiger partial charge in [-0.2, -0.15) is 5.10 Å². The summed E-state index contributed by atoms with van der Waals surface area (Å²) >= 11 is 1.55. The molecule has 1 amide bonds. The molecule has 0 aliphatic carbocycles. The number of carbonyl (C=O) groups is 1. The predicted octanol–water partition coefficient (Wildman–Crippen LogP) is 2.89. The van der Waals surface area contributed by atoms with Crippen molar-refractivity contribution in [2.24, 2.45) is 0 Å². The minimum absolute atomic E-state index is 0.185. The van der Waals surface area contributed by atoms with Gasteiger partial charge in [-0.3, -0.25) is 9.59 Å². The summed E-state index contributed by atoms with van der Waals surface area (Å²) in [7, 11) is 0. The summed E-state index contributed by atoms with van der Waals surface area (Å²) in [6, 6.07) is 10.8. The molecule has 0 aliphatic heterocycles. The molecule has 1 aromatic carbocycles. The lowest BCUT2D eigenvalue weighted by molar-refractivity contribution is 0.0953. The van der Waals surface area contributed by atoms with Gasteiger partial charge < -0.3 is 10.3 Å². The molecule has 8 heteroatoms. The van der Waals surface area contributed by atoms with Crippen LogP contribution < -0.4 is 10.9 Å². The molecule has 0 radical (unpaired) electrons. The van der Waals surface area contributed by atoms with Crippen LogP contribution in [0.15, 0.2) is 47.4 Å². The van der Waals surface area contributed by atoms with Crippen molar-refractivity contribution < 1.29 is 4.79 Å². The largest absolute Gasteiger partial charge is 0.360 e. The number of hydrogen-bond donors (Lipinski definition) is 2. The van der Waals surface area contributed by atoms with E-state index in [1.165, 1.54) is 10.7 Å². The van der Waals surface area contributed by atoms with E-state index >= 15 is 0 Å². The average molecular weight is 393 g/mol. The number of amides is 1. The Balaban J connectivity index is 1.48. The fraction of sp³-hybridized carbons (Fsp3) is 0.200. The van der Waals surface area contributed by atoms with Gasteiger partial charge in [-0.25, -0.2) is 9.67 Å². The molecule has 0 saturated heterocycles. The van der Waals surface area contributed by atoms with Gasteiger partial charge in [0.05, 0.1) is 27.7 Å². The first kappa shape index (κ1) is 18.1. The highest BCUT2D eigenvalue weighted by Gasteiger charge is 2.13. The zero-order chi connectivity index (χ0) is 19.7. The molecular weight excluding hydrogens is 374 g/mol. The molecule has 4 rings (SSSR count). The lowest BCUT2D eigenvalue weighted by Crippen LogP contribution is -2.31. The number of carbonyl (C=O) groups excluding carboxylic acids is 1. The number of nitrogens with zero attached hydrogens (tertiary/aromatic N) is 3. The molecule has 0 spiro atoms. The number of H-pyrrole nitrogens is 1. The van der Waals surface area contributed by atoms with E-state index < -0.39 is 0 Å². The molecule has 4 aromatic rings. The van der Waals surface area contributed by atoms with Crippen molar-refractivity contribution in [2.75, 3.05) is 6.54 Å². The molecule has 0 bridgehead atoms. The Bertz CT molecular complexity index is 1220. The molecule has 0 aliphatic rings. The number of para-hydroxylation sites is 1. The maximum Gasteiger partial charge on any atom is 0.266 e. The van der Waals surface area contributed by atoms with Crippen molar-refractivity contribution in [1.29, 1.82) is 0 Å². The van der Waals surface area contributed by atoms with E-state index in [1.807, 2.05) is 38.1 Å². The highest BCUT2D eigenvalue weighted by molar-refractivity contribution is 7.15. The summed E-state index contributed by atoms with van der Waals surface area (Å²) in [5, 5.41) is 9.13. The summed E-state index contributed by atoms with van der Waals surface area (Å²) in [6.07, 6.45) is 1.69. The van der Waals surface area contributed by atoms with Gasteiger partial charge >= 0.3 is 0 Å². The molecule has 7 nitrogen and oxygen atoms in total. The number of fused-ring (bicyclic) bond motifs is 1. The van der Waals surface area contributed by atoms with Crippen LogP contribution in [0.2, 0.25) is 0 Å². The summed E-state index contributed by atoms with van der Waals surface area (Å²) in [4.78, 5) is 33.1. The second kappa shape index (κ2) is 7.40. The zero-order valence-electron chi connectivity index (χ0n) is 15.5. The molecule has 2 N–H and O–H groups in total. The Hall–Kier alpha value is -3.26. The Labute approximate surface area is 165 Å². The SMILES string of the molecule is Cc1nc(C)c(-c2ccc(=O)n(CCNC(=O)c3c[nH]c4ccccc34)n2)s1. The number of aromatic nitrogens is 4. The smallest absolute Gasteiger partial charge is 0.266 e. The van der Waals surface area contributed by atoms with Crippen molar-refractivity contribution in [1.82, 2.24) is 25.1 Å². The summed E-state index contributed by atoms with van der Waals surface area (Å²) in [5.41, 5.74) is 2.90. The lowest BCUT2D eigenvalue weighted by Gasteiger charge is -2.08. The van der Waals surface area contributed by atoms with Crippen LogP contribution in [0.5, 0.6) is 0 Å². The Morgan fingerprint density at radius 2 is 2.04 bits per heavy atom. The van der Waals surface area contributed by atoms with Crippen molar-refractivity contribution in [3.05, 3.63) is 69.2 Å². The van der Waals surface area contributed by atoms with Gasteiger partial charge in [-0.1, -0.05) is 18.2 Å². The van der Waals surface area contributed by atoms with Crippen molar-refractivity contribution in [2.45, 2.75) is 20.4 Å². The molecule has 142 valence electrons. The number of benzene rings is 1. The van der Waals surface area contributed by atoms with Crippen molar-refractivity contribution in [3.8, 4) is 10.6 Å². The summed E-state index contributed by atoms with van der Waals surface area (Å²) in [6.45, 7) is 4.46. The number of rotatable bonds is 5. The third-order valence-electron chi connectivity index (χ3n) is 4.45. The van der Waals surface area contributed by atoms with E-state index in [0.29, 0.717) is 17.8 Å². The van der Waals surface area contributed by atoms with Crippen LogP contribution in [-0.4, -0.2) is 32.2 Å². The standard InChI is InChI=1S/C20H19N5O2S/c1-12-19(28-13(2)23-12)17-7-8-18(26)25(24-17)10-9-21-20(27)15-11-22-16-6-4-3-5-14(15)16/h3-8,11,22H,9-10H2,1-2H3,(H,21,27). The van der Waals surface area contributed by atoms with Crippen molar-refractivity contribution in [3.63, 3.8) is 0 Å². The number of hydrogen-bond acceptors (Lipinski definition) is 5. The van der Waals surface area contributed by atoms with Gasteiger partial charge in [0.1, 0.15) is 5.69 Å².